The smallest absolute Gasteiger partial charge is 0.154 e. The Hall–Kier alpha value is -1.78. The quantitative estimate of drug-likeness (QED) is 0.737. The number of nitrogens with two attached hydrogens (primary N) is 1. The fourth-order valence-electron chi connectivity index (χ4n) is 2.06. The zero-order valence-corrected chi connectivity index (χ0v) is 11.8. The number of halogens is 1. The lowest BCUT2D eigenvalue weighted by atomic mass is 10.0. The summed E-state index contributed by atoms with van der Waals surface area (Å²) in [5, 5.41) is 9.86. The van der Waals surface area contributed by atoms with E-state index in [9.17, 15) is 0 Å². The summed E-state index contributed by atoms with van der Waals surface area (Å²) < 4.78 is 0. The molecular weight excluding hydrogens is 278 g/mol. The monoisotopic (exact) mass is 289 g/mol. The van der Waals surface area contributed by atoms with Crippen LogP contribution in [0, 0.1) is 6.92 Å². The maximum atomic E-state index is 6.39. The van der Waals surface area contributed by atoms with E-state index in [2.05, 4.69) is 10.2 Å². The maximum Gasteiger partial charge on any atom is 0.154 e. The fraction of sp³-hybridized carbons (Fsp3) is 0.0714. The van der Waals surface area contributed by atoms with Crippen molar-refractivity contribution >= 4 is 28.8 Å². The van der Waals surface area contributed by atoms with Gasteiger partial charge in [0.05, 0.1) is 16.3 Å². The molecule has 0 radical (unpaired) electrons. The lowest BCUT2D eigenvalue weighted by Gasteiger charge is -2.07. The normalized spacial score (nSPS) is 10.8. The van der Waals surface area contributed by atoms with Gasteiger partial charge >= 0.3 is 0 Å². The van der Waals surface area contributed by atoms with Gasteiger partial charge in [0.25, 0.3) is 0 Å². The van der Waals surface area contributed by atoms with E-state index in [0.717, 1.165) is 32.3 Å². The van der Waals surface area contributed by atoms with Crippen molar-refractivity contribution < 1.29 is 0 Å². The van der Waals surface area contributed by atoms with Crippen LogP contribution in [0.25, 0.3) is 21.7 Å². The summed E-state index contributed by atoms with van der Waals surface area (Å²) in [4.78, 5) is 1.08. The average Bonchev–Trinajstić information content (AvgIpc) is 3.02. The van der Waals surface area contributed by atoms with Crippen LogP contribution in [-0.4, -0.2) is 10.2 Å². The van der Waals surface area contributed by atoms with Crippen molar-refractivity contribution in [2.24, 2.45) is 0 Å². The largest absolute Gasteiger partial charge is 0.382 e. The number of anilines is 1. The van der Waals surface area contributed by atoms with Gasteiger partial charge in [-0.05, 0) is 23.9 Å². The Labute approximate surface area is 120 Å². The van der Waals surface area contributed by atoms with Crippen LogP contribution in [0.15, 0.2) is 35.7 Å². The molecule has 2 aromatic heterocycles. The van der Waals surface area contributed by atoms with Gasteiger partial charge in [0.2, 0.25) is 0 Å². The first-order chi connectivity index (χ1) is 9.18. The highest BCUT2D eigenvalue weighted by molar-refractivity contribution is 7.13. The van der Waals surface area contributed by atoms with Crippen LogP contribution in [0.2, 0.25) is 5.02 Å². The highest BCUT2D eigenvalue weighted by Crippen LogP contribution is 2.40. The summed E-state index contributed by atoms with van der Waals surface area (Å²) in [6, 6.07) is 9.95. The number of benzene rings is 1. The molecule has 3 rings (SSSR count). The molecule has 0 saturated carbocycles. The Balaban J connectivity index is 2.25. The number of rotatable bonds is 2. The molecule has 0 unspecified atom stereocenters. The molecule has 0 fully saturated rings. The molecular formula is C14H12ClN3S. The lowest BCUT2D eigenvalue weighted by Crippen LogP contribution is -1.88. The molecule has 0 spiro atoms. The first-order valence-corrected chi connectivity index (χ1v) is 7.07. The predicted octanol–water partition coefficient (Wildman–Crippen LogP) is 4.35. The number of nitrogens with zero attached hydrogens (tertiary/aromatic N) is 1. The fourth-order valence-corrected chi connectivity index (χ4v) is 3.07. The third-order valence-corrected chi connectivity index (χ3v) is 4.41. The van der Waals surface area contributed by atoms with Gasteiger partial charge in [-0.15, -0.1) is 11.3 Å². The second-order valence-corrected chi connectivity index (χ2v) is 5.60. The van der Waals surface area contributed by atoms with Crippen molar-refractivity contribution in [1.82, 2.24) is 10.2 Å². The number of hydrogen-bond donors (Lipinski definition) is 2. The molecule has 3 N–H and O–H groups in total. The molecule has 3 aromatic rings. The van der Waals surface area contributed by atoms with Crippen LogP contribution in [-0.2, 0) is 0 Å². The molecule has 3 nitrogen and oxygen atoms in total. The van der Waals surface area contributed by atoms with Crippen LogP contribution >= 0.6 is 22.9 Å². The molecule has 0 atom stereocenters. The summed E-state index contributed by atoms with van der Waals surface area (Å²) in [5.41, 5.74) is 9.72. The van der Waals surface area contributed by atoms with Gasteiger partial charge in [0.1, 0.15) is 0 Å². The Morgan fingerprint density at radius 3 is 2.84 bits per heavy atom. The topological polar surface area (TPSA) is 54.7 Å². The molecule has 0 saturated heterocycles. The molecule has 19 heavy (non-hydrogen) atoms. The molecule has 96 valence electrons. The highest BCUT2D eigenvalue weighted by atomic mass is 35.5. The zero-order chi connectivity index (χ0) is 13.4. The molecule has 0 aliphatic rings. The van der Waals surface area contributed by atoms with E-state index in [-0.39, 0.29) is 0 Å². The van der Waals surface area contributed by atoms with Gasteiger partial charge in [0.15, 0.2) is 5.82 Å². The number of nitrogen functional groups attached to an aromatic ring is 1. The van der Waals surface area contributed by atoms with Gasteiger partial charge in [0, 0.05) is 10.4 Å². The van der Waals surface area contributed by atoms with Gasteiger partial charge in [-0.1, -0.05) is 35.9 Å². The summed E-state index contributed by atoms with van der Waals surface area (Å²) in [7, 11) is 0. The van der Waals surface area contributed by atoms with E-state index in [1.807, 2.05) is 42.6 Å². The number of nitrogens with one attached hydrogen (secondary N) is 1. The van der Waals surface area contributed by atoms with E-state index in [0.29, 0.717) is 5.82 Å². The van der Waals surface area contributed by atoms with Crippen molar-refractivity contribution in [1.29, 1.82) is 0 Å². The van der Waals surface area contributed by atoms with Gasteiger partial charge < -0.3 is 5.73 Å². The lowest BCUT2D eigenvalue weighted by molar-refractivity contribution is 1.10. The zero-order valence-electron chi connectivity index (χ0n) is 10.3. The molecule has 5 heteroatoms. The number of thiophene rings is 1. The van der Waals surface area contributed by atoms with Crippen molar-refractivity contribution in [2.75, 3.05) is 5.73 Å². The van der Waals surface area contributed by atoms with E-state index in [1.165, 1.54) is 0 Å². The molecule has 0 amide bonds. The standard InChI is InChI=1S/C14H12ClN3S/c1-8-4-2-5-9(12(8)15)13-11(14(16)18-17-13)10-6-3-7-19-10/h2-7H,1H3,(H3,16,17,18). The average molecular weight is 290 g/mol. The molecule has 1 aromatic carbocycles. The van der Waals surface area contributed by atoms with Crippen LogP contribution in [0.4, 0.5) is 5.82 Å². The number of hydrogen-bond acceptors (Lipinski definition) is 3. The van der Waals surface area contributed by atoms with Crippen molar-refractivity contribution in [3.63, 3.8) is 0 Å². The summed E-state index contributed by atoms with van der Waals surface area (Å²) in [6.45, 7) is 1.98. The third-order valence-electron chi connectivity index (χ3n) is 3.02. The molecule has 0 aliphatic heterocycles. The Kier molecular flexibility index (Phi) is 3.05. The Bertz CT molecular complexity index is 716. The number of H-pyrrole nitrogens is 1. The van der Waals surface area contributed by atoms with E-state index < -0.39 is 0 Å². The molecule has 2 heterocycles. The minimum absolute atomic E-state index is 0.495. The van der Waals surface area contributed by atoms with E-state index >= 15 is 0 Å². The SMILES string of the molecule is Cc1cccc(-c2[nH]nc(N)c2-c2cccs2)c1Cl. The van der Waals surface area contributed by atoms with Crippen molar-refractivity contribution in [2.45, 2.75) is 6.92 Å². The van der Waals surface area contributed by atoms with Gasteiger partial charge in [-0.2, -0.15) is 5.10 Å². The minimum atomic E-state index is 0.495. The Morgan fingerprint density at radius 1 is 1.26 bits per heavy atom. The molecule has 0 aliphatic carbocycles. The Morgan fingerprint density at radius 2 is 2.11 bits per heavy atom. The van der Waals surface area contributed by atoms with E-state index in [4.69, 9.17) is 17.3 Å². The second-order valence-electron chi connectivity index (χ2n) is 4.27. The van der Waals surface area contributed by atoms with Crippen molar-refractivity contribution in [3.8, 4) is 21.7 Å². The number of aromatic nitrogens is 2. The number of aryl methyl sites for hydroxylation is 1. The highest BCUT2D eigenvalue weighted by Gasteiger charge is 2.17. The predicted molar refractivity (Wildman–Crippen MR) is 81.5 cm³/mol. The minimum Gasteiger partial charge on any atom is -0.382 e. The van der Waals surface area contributed by atoms with Crippen LogP contribution in [0.3, 0.4) is 0 Å². The maximum absolute atomic E-state index is 6.39. The van der Waals surface area contributed by atoms with Crippen molar-refractivity contribution in [3.05, 3.63) is 46.3 Å². The van der Waals surface area contributed by atoms with Crippen LogP contribution < -0.4 is 5.73 Å². The second kappa shape index (κ2) is 4.72. The van der Waals surface area contributed by atoms with Gasteiger partial charge in [-0.25, -0.2) is 0 Å². The summed E-state index contributed by atoms with van der Waals surface area (Å²) in [5.74, 6) is 0.495. The summed E-state index contributed by atoms with van der Waals surface area (Å²) >= 11 is 8.02. The third kappa shape index (κ3) is 2.03. The molecule has 0 bridgehead atoms. The summed E-state index contributed by atoms with van der Waals surface area (Å²) in [6.07, 6.45) is 0. The first-order valence-electron chi connectivity index (χ1n) is 5.81. The van der Waals surface area contributed by atoms with Crippen LogP contribution in [0.1, 0.15) is 5.56 Å². The first kappa shape index (κ1) is 12.3. The van der Waals surface area contributed by atoms with E-state index in [1.54, 1.807) is 11.3 Å². The van der Waals surface area contributed by atoms with Crippen LogP contribution in [0.5, 0.6) is 0 Å². The van der Waals surface area contributed by atoms with Gasteiger partial charge in [-0.3, -0.25) is 5.10 Å². The number of aromatic amines is 1.